The van der Waals surface area contributed by atoms with Gasteiger partial charge in [0, 0.05) is 50.4 Å². The Labute approximate surface area is 188 Å². The fourth-order valence-electron chi connectivity index (χ4n) is 5.08. The number of likely N-dealkylation sites (tertiary alicyclic amines) is 1. The molecule has 1 N–H and O–H groups in total. The van der Waals surface area contributed by atoms with Gasteiger partial charge in [0.15, 0.2) is 11.5 Å². The van der Waals surface area contributed by atoms with Crippen LogP contribution in [-0.4, -0.2) is 52.1 Å². The minimum absolute atomic E-state index is 0.0158. The molecule has 1 amide bonds. The van der Waals surface area contributed by atoms with Gasteiger partial charge >= 0.3 is 0 Å². The molecule has 7 nitrogen and oxygen atoms in total. The van der Waals surface area contributed by atoms with E-state index in [1.165, 1.54) is 0 Å². The SMILES string of the molecule is CCOc1cccc2c1OC1(CCN(C(C)=O)CC1)N1N=C(c3cc(C)ccc3O)C[C@@H]21. The molecule has 1 atom stereocenters. The van der Waals surface area contributed by atoms with E-state index in [1.807, 2.05) is 43.0 Å². The van der Waals surface area contributed by atoms with Crippen LogP contribution in [0.2, 0.25) is 0 Å². The molecule has 1 saturated heterocycles. The van der Waals surface area contributed by atoms with E-state index in [0.717, 1.165) is 33.9 Å². The number of nitrogens with zero attached hydrogens (tertiary/aromatic N) is 3. The number of ether oxygens (including phenoxy) is 2. The summed E-state index contributed by atoms with van der Waals surface area (Å²) in [7, 11) is 0. The average molecular weight is 436 g/mol. The molecule has 2 aromatic rings. The maximum Gasteiger partial charge on any atom is 0.219 e. The van der Waals surface area contributed by atoms with Crippen LogP contribution in [-0.2, 0) is 4.79 Å². The highest BCUT2D eigenvalue weighted by atomic mass is 16.6. The summed E-state index contributed by atoms with van der Waals surface area (Å²) in [5.74, 6) is 1.83. The Bertz CT molecular complexity index is 1090. The first-order chi connectivity index (χ1) is 15.4. The monoisotopic (exact) mass is 435 g/mol. The number of para-hydroxylation sites is 1. The van der Waals surface area contributed by atoms with Crippen LogP contribution in [0.4, 0.5) is 0 Å². The van der Waals surface area contributed by atoms with Gasteiger partial charge in [-0.2, -0.15) is 5.10 Å². The lowest BCUT2D eigenvalue weighted by atomic mass is 9.90. The molecule has 0 aromatic heterocycles. The zero-order valence-corrected chi connectivity index (χ0v) is 18.8. The van der Waals surface area contributed by atoms with Crippen LogP contribution >= 0.6 is 0 Å². The van der Waals surface area contributed by atoms with E-state index < -0.39 is 5.72 Å². The number of hydrogen-bond donors (Lipinski definition) is 1. The smallest absolute Gasteiger partial charge is 0.219 e. The first kappa shape index (κ1) is 20.7. The molecule has 1 fully saturated rings. The van der Waals surface area contributed by atoms with Gasteiger partial charge in [-0.25, -0.2) is 5.01 Å². The third-order valence-corrected chi connectivity index (χ3v) is 6.74. The predicted octanol–water partition coefficient (Wildman–Crippen LogP) is 3.98. The highest BCUT2D eigenvalue weighted by Gasteiger charge is 2.53. The number of fused-ring (bicyclic) bond motifs is 4. The Hall–Kier alpha value is -3.22. The van der Waals surface area contributed by atoms with Crippen molar-refractivity contribution in [2.24, 2.45) is 5.10 Å². The van der Waals surface area contributed by atoms with E-state index in [4.69, 9.17) is 14.6 Å². The average Bonchev–Trinajstić information content (AvgIpc) is 3.23. The van der Waals surface area contributed by atoms with Gasteiger partial charge in [0.05, 0.1) is 18.4 Å². The maximum absolute atomic E-state index is 11.9. The Morgan fingerprint density at radius 3 is 2.78 bits per heavy atom. The highest BCUT2D eigenvalue weighted by molar-refractivity contribution is 6.04. The first-order valence-electron chi connectivity index (χ1n) is 11.3. The Kier molecular flexibility index (Phi) is 4.99. The molecule has 32 heavy (non-hydrogen) atoms. The third kappa shape index (κ3) is 3.27. The molecule has 3 aliphatic heterocycles. The quantitative estimate of drug-likeness (QED) is 0.789. The molecule has 0 unspecified atom stereocenters. The highest BCUT2D eigenvalue weighted by Crippen LogP contribution is 2.53. The normalized spacial score (nSPS) is 21.0. The minimum atomic E-state index is -0.655. The van der Waals surface area contributed by atoms with Crippen LogP contribution in [0.1, 0.15) is 55.8 Å². The molecule has 0 bridgehead atoms. The summed E-state index contributed by atoms with van der Waals surface area (Å²) in [5.41, 5.74) is 3.07. The summed E-state index contributed by atoms with van der Waals surface area (Å²) >= 11 is 0. The lowest BCUT2D eigenvalue weighted by molar-refractivity contribution is -0.159. The van der Waals surface area contributed by atoms with E-state index >= 15 is 0 Å². The van der Waals surface area contributed by atoms with Crippen molar-refractivity contribution < 1.29 is 19.4 Å². The number of rotatable bonds is 3. The molecule has 3 aliphatic rings. The van der Waals surface area contributed by atoms with Gasteiger partial charge in [-0.3, -0.25) is 4.79 Å². The summed E-state index contributed by atoms with van der Waals surface area (Å²) in [4.78, 5) is 13.8. The number of amides is 1. The van der Waals surface area contributed by atoms with Gasteiger partial charge in [0.2, 0.25) is 11.6 Å². The van der Waals surface area contributed by atoms with Gasteiger partial charge in [-0.15, -0.1) is 0 Å². The zero-order chi connectivity index (χ0) is 22.5. The van der Waals surface area contributed by atoms with Gasteiger partial charge in [-0.05, 0) is 32.0 Å². The molecule has 168 valence electrons. The summed E-state index contributed by atoms with van der Waals surface area (Å²) < 4.78 is 12.6. The molecule has 5 rings (SSSR count). The lowest BCUT2D eigenvalue weighted by Gasteiger charge is -2.51. The molecule has 1 spiro atoms. The number of aryl methyl sites for hydroxylation is 1. The topological polar surface area (TPSA) is 74.6 Å². The fraction of sp³-hybridized carbons (Fsp3) is 0.440. The van der Waals surface area contributed by atoms with Crippen LogP contribution in [0.25, 0.3) is 0 Å². The number of phenols is 1. The minimum Gasteiger partial charge on any atom is -0.507 e. The second-order valence-electron chi connectivity index (χ2n) is 8.79. The van der Waals surface area contributed by atoms with Crippen molar-refractivity contribution in [3.63, 3.8) is 0 Å². The van der Waals surface area contributed by atoms with Crippen molar-refractivity contribution >= 4 is 11.6 Å². The number of benzene rings is 2. The molecule has 2 aromatic carbocycles. The van der Waals surface area contributed by atoms with Crippen molar-refractivity contribution in [2.45, 2.75) is 51.8 Å². The second-order valence-corrected chi connectivity index (χ2v) is 8.79. The van der Waals surface area contributed by atoms with Crippen molar-refractivity contribution in [3.8, 4) is 17.2 Å². The largest absolute Gasteiger partial charge is 0.507 e. The molecular weight excluding hydrogens is 406 g/mol. The van der Waals surface area contributed by atoms with Gasteiger partial charge in [-0.1, -0.05) is 23.8 Å². The van der Waals surface area contributed by atoms with E-state index in [2.05, 4.69) is 11.1 Å². The number of hydrazone groups is 1. The number of hydrogen-bond acceptors (Lipinski definition) is 6. The molecule has 3 heterocycles. The van der Waals surface area contributed by atoms with E-state index in [0.29, 0.717) is 39.0 Å². The Morgan fingerprint density at radius 1 is 1.28 bits per heavy atom. The number of carbonyl (C=O) groups is 1. The van der Waals surface area contributed by atoms with Crippen molar-refractivity contribution in [1.82, 2.24) is 9.91 Å². The fourth-order valence-corrected chi connectivity index (χ4v) is 5.08. The maximum atomic E-state index is 11.9. The molecule has 7 heteroatoms. The van der Waals surface area contributed by atoms with Crippen LogP contribution in [0.5, 0.6) is 17.2 Å². The predicted molar refractivity (Wildman–Crippen MR) is 121 cm³/mol. The zero-order valence-electron chi connectivity index (χ0n) is 18.8. The number of phenolic OH excluding ortho intramolecular Hbond substituents is 1. The number of carbonyl (C=O) groups excluding carboxylic acids is 1. The third-order valence-electron chi connectivity index (χ3n) is 6.74. The van der Waals surface area contributed by atoms with E-state index in [1.54, 1.807) is 13.0 Å². The van der Waals surface area contributed by atoms with Gasteiger partial charge < -0.3 is 19.5 Å². The number of piperidine rings is 1. The Morgan fingerprint density at radius 2 is 2.06 bits per heavy atom. The molecular formula is C25H29N3O4. The van der Waals surface area contributed by atoms with Crippen LogP contribution < -0.4 is 9.47 Å². The molecule has 0 radical (unpaired) electrons. The van der Waals surface area contributed by atoms with Crippen molar-refractivity contribution in [3.05, 3.63) is 53.1 Å². The van der Waals surface area contributed by atoms with Crippen LogP contribution in [0.3, 0.4) is 0 Å². The van der Waals surface area contributed by atoms with Crippen LogP contribution in [0.15, 0.2) is 41.5 Å². The van der Waals surface area contributed by atoms with E-state index in [9.17, 15) is 9.90 Å². The van der Waals surface area contributed by atoms with Crippen LogP contribution in [0, 0.1) is 6.92 Å². The second kappa shape index (κ2) is 7.73. The first-order valence-corrected chi connectivity index (χ1v) is 11.3. The summed E-state index contributed by atoms with van der Waals surface area (Å²) in [6.45, 7) is 7.37. The summed E-state index contributed by atoms with van der Waals surface area (Å²) in [6, 6.07) is 11.6. The standard InChI is InChI=1S/C25H29N3O4/c1-4-31-23-7-5-6-18-21-15-20(19-14-16(2)8-9-22(19)30)26-28(21)25(32-24(18)23)10-12-27(13-11-25)17(3)29/h5-9,14,21,30H,4,10-13,15H2,1-3H3/t21-/m0/s1. The van der Waals surface area contributed by atoms with Crippen molar-refractivity contribution in [1.29, 1.82) is 0 Å². The number of aromatic hydroxyl groups is 1. The van der Waals surface area contributed by atoms with Gasteiger partial charge in [0.1, 0.15) is 5.75 Å². The van der Waals surface area contributed by atoms with E-state index in [-0.39, 0.29) is 17.7 Å². The van der Waals surface area contributed by atoms with Gasteiger partial charge in [0.25, 0.3) is 0 Å². The molecule has 0 aliphatic carbocycles. The van der Waals surface area contributed by atoms with Crippen molar-refractivity contribution in [2.75, 3.05) is 19.7 Å². The summed E-state index contributed by atoms with van der Waals surface area (Å²) in [5, 5.41) is 17.6. The Balaban J connectivity index is 1.59. The summed E-state index contributed by atoms with van der Waals surface area (Å²) in [6.07, 6.45) is 1.97. The lowest BCUT2D eigenvalue weighted by Crippen LogP contribution is -2.59. The molecule has 0 saturated carbocycles.